The number of methoxy groups -OCH3 is 2. The first kappa shape index (κ1) is 9.71. The zero-order chi connectivity index (χ0) is 10.8. The summed E-state index contributed by atoms with van der Waals surface area (Å²) < 4.78 is 23.2. The molecular formula is C11H10FNO2. The van der Waals surface area contributed by atoms with Crippen LogP contribution in [0, 0.1) is 5.82 Å². The van der Waals surface area contributed by atoms with Crippen LogP contribution in [0.1, 0.15) is 0 Å². The summed E-state index contributed by atoms with van der Waals surface area (Å²) in [5.74, 6) is 0.288. The van der Waals surface area contributed by atoms with E-state index < -0.39 is 5.82 Å². The second-order valence-electron chi connectivity index (χ2n) is 3.03. The van der Waals surface area contributed by atoms with E-state index in [0.29, 0.717) is 16.8 Å². The molecule has 1 heterocycles. The monoisotopic (exact) mass is 207 g/mol. The summed E-state index contributed by atoms with van der Waals surface area (Å²) in [5, 5.41) is 0.717. The maximum Gasteiger partial charge on any atom is 0.213 e. The lowest BCUT2D eigenvalue weighted by Gasteiger charge is -2.05. The van der Waals surface area contributed by atoms with Crippen LogP contribution in [-0.2, 0) is 0 Å². The zero-order valence-corrected chi connectivity index (χ0v) is 8.45. The Morgan fingerprint density at radius 3 is 2.60 bits per heavy atom. The van der Waals surface area contributed by atoms with Gasteiger partial charge >= 0.3 is 0 Å². The second-order valence-corrected chi connectivity index (χ2v) is 3.03. The zero-order valence-electron chi connectivity index (χ0n) is 8.45. The molecule has 1 aromatic heterocycles. The van der Waals surface area contributed by atoms with Crippen LogP contribution in [0.5, 0.6) is 11.6 Å². The van der Waals surface area contributed by atoms with Crippen molar-refractivity contribution in [1.82, 2.24) is 4.98 Å². The Morgan fingerprint density at radius 2 is 1.93 bits per heavy atom. The minimum Gasteiger partial charge on any atom is -0.494 e. The lowest BCUT2D eigenvalue weighted by Crippen LogP contribution is -1.91. The topological polar surface area (TPSA) is 31.4 Å². The molecule has 0 bridgehead atoms. The first-order valence-corrected chi connectivity index (χ1v) is 4.43. The molecule has 0 aliphatic rings. The Kier molecular flexibility index (Phi) is 2.41. The highest BCUT2D eigenvalue weighted by Crippen LogP contribution is 2.24. The molecule has 1 aromatic carbocycles. The average Bonchev–Trinajstić information content (AvgIpc) is 2.27. The summed E-state index contributed by atoms with van der Waals surface area (Å²) in [7, 11) is 2.96. The Balaban J connectivity index is 2.66. The third kappa shape index (κ3) is 1.70. The minimum atomic E-state index is -0.392. The normalized spacial score (nSPS) is 10.3. The number of benzene rings is 1. The number of fused-ring (bicyclic) bond motifs is 1. The molecule has 0 aliphatic carbocycles. The Labute approximate surface area is 86.5 Å². The fourth-order valence-corrected chi connectivity index (χ4v) is 1.38. The number of hydrogen-bond donors (Lipinski definition) is 0. The van der Waals surface area contributed by atoms with Crippen LogP contribution >= 0.6 is 0 Å². The predicted molar refractivity (Wildman–Crippen MR) is 54.8 cm³/mol. The summed E-state index contributed by atoms with van der Waals surface area (Å²) in [6.45, 7) is 0. The molecule has 2 aromatic rings. The molecule has 0 spiro atoms. The molecule has 78 valence electrons. The van der Waals surface area contributed by atoms with E-state index in [1.54, 1.807) is 18.2 Å². The third-order valence-corrected chi connectivity index (χ3v) is 2.15. The van der Waals surface area contributed by atoms with E-state index in [1.807, 2.05) is 0 Å². The molecule has 0 fully saturated rings. The van der Waals surface area contributed by atoms with Gasteiger partial charge in [-0.15, -0.1) is 0 Å². The minimum absolute atomic E-state index is 0.184. The molecule has 4 heteroatoms. The quantitative estimate of drug-likeness (QED) is 0.757. The standard InChI is InChI=1S/C11H10FNO2/c1-14-10-6-9-7(5-8(10)12)3-4-11(13-9)15-2/h3-6H,1-2H3. The van der Waals surface area contributed by atoms with Crippen molar-refractivity contribution in [3.63, 3.8) is 0 Å². The Hall–Kier alpha value is -1.84. The van der Waals surface area contributed by atoms with Gasteiger partial charge in [-0.1, -0.05) is 0 Å². The van der Waals surface area contributed by atoms with Gasteiger partial charge in [-0.3, -0.25) is 0 Å². The van der Waals surface area contributed by atoms with Gasteiger partial charge in [0, 0.05) is 17.5 Å². The van der Waals surface area contributed by atoms with Gasteiger partial charge in [0.1, 0.15) is 0 Å². The number of hydrogen-bond acceptors (Lipinski definition) is 3. The van der Waals surface area contributed by atoms with Gasteiger partial charge in [0.15, 0.2) is 11.6 Å². The molecule has 0 atom stereocenters. The number of rotatable bonds is 2. The molecule has 0 saturated heterocycles. The summed E-state index contributed by atoms with van der Waals surface area (Å²) in [6, 6.07) is 6.38. The van der Waals surface area contributed by atoms with Crippen LogP contribution in [0.15, 0.2) is 24.3 Å². The molecular weight excluding hydrogens is 197 g/mol. The van der Waals surface area contributed by atoms with Crippen molar-refractivity contribution in [2.75, 3.05) is 14.2 Å². The van der Waals surface area contributed by atoms with Crippen molar-refractivity contribution in [3.05, 3.63) is 30.1 Å². The number of halogens is 1. The second kappa shape index (κ2) is 3.73. The highest BCUT2D eigenvalue weighted by Gasteiger charge is 2.06. The predicted octanol–water partition coefficient (Wildman–Crippen LogP) is 2.39. The van der Waals surface area contributed by atoms with Crippen molar-refractivity contribution >= 4 is 10.9 Å². The maximum absolute atomic E-state index is 13.3. The number of pyridine rings is 1. The van der Waals surface area contributed by atoms with Crippen molar-refractivity contribution in [2.24, 2.45) is 0 Å². The van der Waals surface area contributed by atoms with Gasteiger partial charge in [-0.2, -0.15) is 0 Å². The fourth-order valence-electron chi connectivity index (χ4n) is 1.38. The smallest absolute Gasteiger partial charge is 0.213 e. The van der Waals surface area contributed by atoms with Crippen molar-refractivity contribution in [3.8, 4) is 11.6 Å². The summed E-state index contributed by atoms with van der Waals surface area (Å²) in [6.07, 6.45) is 0. The largest absolute Gasteiger partial charge is 0.494 e. The van der Waals surface area contributed by atoms with E-state index in [-0.39, 0.29) is 5.75 Å². The number of nitrogens with zero attached hydrogens (tertiary/aromatic N) is 1. The van der Waals surface area contributed by atoms with Gasteiger partial charge in [-0.05, 0) is 12.1 Å². The molecule has 0 saturated carbocycles. The molecule has 0 unspecified atom stereocenters. The molecule has 0 aliphatic heterocycles. The maximum atomic E-state index is 13.3. The van der Waals surface area contributed by atoms with Crippen LogP contribution in [0.3, 0.4) is 0 Å². The van der Waals surface area contributed by atoms with E-state index in [1.165, 1.54) is 20.3 Å². The van der Waals surface area contributed by atoms with E-state index in [2.05, 4.69) is 4.98 Å². The van der Waals surface area contributed by atoms with Gasteiger partial charge in [0.2, 0.25) is 5.88 Å². The number of aromatic nitrogens is 1. The lowest BCUT2D eigenvalue weighted by molar-refractivity contribution is 0.386. The van der Waals surface area contributed by atoms with E-state index in [0.717, 1.165) is 0 Å². The van der Waals surface area contributed by atoms with Crippen molar-refractivity contribution < 1.29 is 13.9 Å². The van der Waals surface area contributed by atoms with Crippen molar-refractivity contribution in [1.29, 1.82) is 0 Å². The molecule has 3 nitrogen and oxygen atoms in total. The highest BCUT2D eigenvalue weighted by molar-refractivity contribution is 5.80. The summed E-state index contributed by atoms with van der Waals surface area (Å²) in [5.41, 5.74) is 0.646. The van der Waals surface area contributed by atoms with E-state index in [4.69, 9.17) is 9.47 Å². The SMILES string of the molecule is COc1ccc2cc(F)c(OC)cc2n1. The molecule has 2 rings (SSSR count). The van der Waals surface area contributed by atoms with Crippen LogP contribution < -0.4 is 9.47 Å². The van der Waals surface area contributed by atoms with Crippen LogP contribution in [0.25, 0.3) is 10.9 Å². The Bertz CT molecular complexity index is 499. The van der Waals surface area contributed by atoms with Crippen LogP contribution in [-0.4, -0.2) is 19.2 Å². The van der Waals surface area contributed by atoms with Crippen molar-refractivity contribution in [2.45, 2.75) is 0 Å². The summed E-state index contributed by atoms with van der Waals surface area (Å²) in [4.78, 5) is 4.17. The van der Waals surface area contributed by atoms with Gasteiger partial charge < -0.3 is 9.47 Å². The highest BCUT2D eigenvalue weighted by atomic mass is 19.1. The van der Waals surface area contributed by atoms with Gasteiger partial charge in [0.05, 0.1) is 19.7 Å². The fraction of sp³-hybridized carbons (Fsp3) is 0.182. The third-order valence-electron chi connectivity index (χ3n) is 2.15. The first-order valence-electron chi connectivity index (χ1n) is 4.43. The van der Waals surface area contributed by atoms with E-state index in [9.17, 15) is 4.39 Å². The summed E-state index contributed by atoms with van der Waals surface area (Å²) >= 11 is 0. The van der Waals surface area contributed by atoms with Gasteiger partial charge in [0.25, 0.3) is 0 Å². The lowest BCUT2D eigenvalue weighted by atomic mass is 10.2. The Morgan fingerprint density at radius 1 is 1.13 bits per heavy atom. The molecule has 15 heavy (non-hydrogen) atoms. The van der Waals surface area contributed by atoms with Crippen LogP contribution in [0.4, 0.5) is 4.39 Å². The molecule has 0 N–H and O–H groups in total. The molecule has 0 amide bonds. The molecule has 0 radical (unpaired) electrons. The van der Waals surface area contributed by atoms with Gasteiger partial charge in [-0.25, -0.2) is 9.37 Å². The average molecular weight is 207 g/mol. The number of ether oxygens (including phenoxy) is 2. The van der Waals surface area contributed by atoms with E-state index >= 15 is 0 Å². The van der Waals surface area contributed by atoms with Crippen LogP contribution in [0.2, 0.25) is 0 Å². The first-order chi connectivity index (χ1) is 7.24.